The van der Waals surface area contributed by atoms with Gasteiger partial charge in [-0.3, -0.25) is 4.90 Å². The Kier molecular flexibility index (Phi) is 6.66. The summed E-state index contributed by atoms with van der Waals surface area (Å²) in [7, 11) is -2.96. The number of rotatable bonds is 8. The lowest BCUT2D eigenvalue weighted by Crippen LogP contribution is -2.51. The van der Waals surface area contributed by atoms with Crippen LogP contribution in [0.1, 0.15) is 41.0 Å². The Morgan fingerprint density at radius 2 is 1.76 bits per heavy atom. The van der Waals surface area contributed by atoms with Gasteiger partial charge in [0.1, 0.15) is 0 Å². The molecule has 104 valence electrons. The van der Waals surface area contributed by atoms with Gasteiger partial charge >= 0.3 is 0 Å². The van der Waals surface area contributed by atoms with E-state index in [4.69, 9.17) is 5.73 Å². The van der Waals surface area contributed by atoms with E-state index < -0.39 is 9.84 Å². The van der Waals surface area contributed by atoms with E-state index in [-0.39, 0.29) is 16.5 Å². The molecule has 0 aliphatic heterocycles. The maximum Gasteiger partial charge on any atom is 0.153 e. The zero-order chi connectivity index (χ0) is 13.7. The van der Waals surface area contributed by atoms with Gasteiger partial charge in [0.05, 0.1) is 11.0 Å². The molecule has 0 aromatic carbocycles. The van der Waals surface area contributed by atoms with Crippen LogP contribution in [0.5, 0.6) is 0 Å². The van der Waals surface area contributed by atoms with Gasteiger partial charge in [0, 0.05) is 18.6 Å². The van der Waals surface area contributed by atoms with Gasteiger partial charge in [0.25, 0.3) is 0 Å². The van der Waals surface area contributed by atoms with E-state index in [9.17, 15) is 8.42 Å². The van der Waals surface area contributed by atoms with Crippen LogP contribution in [0.25, 0.3) is 0 Å². The summed E-state index contributed by atoms with van der Waals surface area (Å²) in [5, 5.41) is -0.299. The van der Waals surface area contributed by atoms with Crippen molar-refractivity contribution in [3.63, 3.8) is 0 Å². The Labute approximate surface area is 106 Å². The molecule has 17 heavy (non-hydrogen) atoms. The summed E-state index contributed by atoms with van der Waals surface area (Å²) in [4.78, 5) is 2.17. The largest absolute Gasteiger partial charge is 0.329 e. The molecule has 0 saturated heterocycles. The van der Waals surface area contributed by atoms with Gasteiger partial charge in [-0.05, 0) is 40.7 Å². The number of hydrogen-bond acceptors (Lipinski definition) is 4. The van der Waals surface area contributed by atoms with Gasteiger partial charge in [-0.25, -0.2) is 8.42 Å². The molecule has 5 heteroatoms. The highest BCUT2D eigenvalue weighted by atomic mass is 32.2. The van der Waals surface area contributed by atoms with Gasteiger partial charge in [0.2, 0.25) is 0 Å². The highest BCUT2D eigenvalue weighted by molar-refractivity contribution is 7.92. The van der Waals surface area contributed by atoms with E-state index in [1.54, 1.807) is 13.8 Å². The van der Waals surface area contributed by atoms with Crippen molar-refractivity contribution in [1.29, 1.82) is 0 Å². The van der Waals surface area contributed by atoms with Crippen LogP contribution in [0.4, 0.5) is 0 Å². The van der Waals surface area contributed by atoms with Gasteiger partial charge in [-0.1, -0.05) is 6.92 Å². The van der Waals surface area contributed by atoms with Crippen LogP contribution < -0.4 is 5.73 Å². The lowest BCUT2D eigenvalue weighted by atomic mass is 10.0. The molecule has 0 atom stereocenters. The highest BCUT2D eigenvalue weighted by Gasteiger charge is 2.26. The molecule has 0 spiro atoms. The van der Waals surface area contributed by atoms with Crippen molar-refractivity contribution in [2.75, 3.05) is 25.4 Å². The number of nitrogens with zero attached hydrogens (tertiary/aromatic N) is 1. The van der Waals surface area contributed by atoms with Gasteiger partial charge in [0.15, 0.2) is 9.84 Å². The van der Waals surface area contributed by atoms with Gasteiger partial charge < -0.3 is 5.73 Å². The Balaban J connectivity index is 4.59. The van der Waals surface area contributed by atoms with Crippen molar-refractivity contribution in [3.05, 3.63) is 0 Å². The second-order valence-corrected chi connectivity index (χ2v) is 8.10. The summed E-state index contributed by atoms with van der Waals surface area (Å²) in [6, 6.07) is 0. The quantitative estimate of drug-likeness (QED) is 0.717. The SMILES string of the molecule is CCCN(CCS(=O)(=O)C(C)C)C(C)(C)CN. The lowest BCUT2D eigenvalue weighted by molar-refractivity contribution is 0.135. The summed E-state index contributed by atoms with van der Waals surface area (Å²) in [5.41, 5.74) is 5.61. The van der Waals surface area contributed by atoms with Crippen LogP contribution in [0.2, 0.25) is 0 Å². The molecule has 0 aromatic heterocycles. The third-order valence-electron chi connectivity index (χ3n) is 3.21. The Bertz CT molecular complexity index is 310. The molecule has 0 rings (SSSR count). The molecule has 0 radical (unpaired) electrons. The van der Waals surface area contributed by atoms with Crippen LogP contribution in [-0.2, 0) is 9.84 Å². The maximum absolute atomic E-state index is 11.8. The standard InChI is InChI=1S/C12H28N2O2S/c1-6-7-14(12(4,5)10-13)8-9-17(15,16)11(2)3/h11H,6-10,13H2,1-5H3. The van der Waals surface area contributed by atoms with Crippen molar-refractivity contribution in [1.82, 2.24) is 4.90 Å². The van der Waals surface area contributed by atoms with E-state index >= 15 is 0 Å². The minimum Gasteiger partial charge on any atom is -0.329 e. The van der Waals surface area contributed by atoms with Crippen LogP contribution >= 0.6 is 0 Å². The molecule has 0 saturated carbocycles. The van der Waals surface area contributed by atoms with Crippen molar-refractivity contribution >= 4 is 9.84 Å². The first-order valence-corrected chi connectivity index (χ1v) is 8.05. The van der Waals surface area contributed by atoms with Crippen LogP contribution in [0.3, 0.4) is 0 Å². The fourth-order valence-electron chi connectivity index (χ4n) is 1.59. The predicted molar refractivity (Wildman–Crippen MR) is 73.9 cm³/mol. The van der Waals surface area contributed by atoms with Crippen molar-refractivity contribution in [3.8, 4) is 0 Å². The third-order valence-corrected chi connectivity index (χ3v) is 5.40. The van der Waals surface area contributed by atoms with Crippen LogP contribution in [0, 0.1) is 0 Å². The minimum atomic E-state index is -2.96. The van der Waals surface area contributed by atoms with E-state index in [0.29, 0.717) is 13.1 Å². The second kappa shape index (κ2) is 6.71. The molecule has 4 nitrogen and oxygen atoms in total. The number of nitrogens with two attached hydrogens (primary N) is 1. The van der Waals surface area contributed by atoms with Crippen LogP contribution in [-0.4, -0.2) is 49.5 Å². The Hall–Kier alpha value is -0.130. The lowest BCUT2D eigenvalue weighted by Gasteiger charge is -2.37. The summed E-state index contributed by atoms with van der Waals surface area (Å²) in [5.74, 6) is 0.216. The fraction of sp³-hybridized carbons (Fsp3) is 1.00. The van der Waals surface area contributed by atoms with Gasteiger partial charge in [-0.2, -0.15) is 0 Å². The summed E-state index contributed by atoms with van der Waals surface area (Å²) >= 11 is 0. The molecular weight excluding hydrogens is 236 g/mol. The molecule has 0 aliphatic carbocycles. The first-order valence-electron chi connectivity index (χ1n) is 6.34. The Morgan fingerprint density at radius 3 is 2.12 bits per heavy atom. The van der Waals surface area contributed by atoms with Crippen molar-refractivity contribution < 1.29 is 8.42 Å². The Morgan fingerprint density at radius 1 is 1.24 bits per heavy atom. The number of hydrogen-bond donors (Lipinski definition) is 1. The normalized spacial score (nSPS) is 13.6. The highest BCUT2D eigenvalue weighted by Crippen LogP contribution is 2.14. The summed E-state index contributed by atoms with van der Waals surface area (Å²) < 4.78 is 23.6. The van der Waals surface area contributed by atoms with E-state index in [1.807, 2.05) is 0 Å². The van der Waals surface area contributed by atoms with Crippen molar-refractivity contribution in [2.24, 2.45) is 5.73 Å². The van der Waals surface area contributed by atoms with Crippen molar-refractivity contribution in [2.45, 2.75) is 51.8 Å². The molecule has 0 bridgehead atoms. The maximum atomic E-state index is 11.8. The number of sulfone groups is 1. The topological polar surface area (TPSA) is 63.4 Å². The van der Waals surface area contributed by atoms with E-state index in [1.165, 1.54) is 0 Å². The van der Waals surface area contributed by atoms with E-state index in [0.717, 1.165) is 13.0 Å². The average Bonchev–Trinajstić information content (AvgIpc) is 2.23. The second-order valence-electron chi connectivity index (χ2n) is 5.42. The molecule has 2 N–H and O–H groups in total. The summed E-state index contributed by atoms with van der Waals surface area (Å²) in [6.07, 6.45) is 1.01. The first kappa shape index (κ1) is 16.9. The van der Waals surface area contributed by atoms with Gasteiger partial charge in [-0.15, -0.1) is 0 Å². The van der Waals surface area contributed by atoms with E-state index in [2.05, 4.69) is 25.7 Å². The molecule has 0 amide bonds. The molecule has 0 fully saturated rings. The molecule has 0 aliphatic rings. The third kappa shape index (κ3) is 5.36. The summed E-state index contributed by atoms with van der Waals surface area (Å²) in [6.45, 7) is 11.7. The van der Waals surface area contributed by atoms with Crippen LogP contribution in [0.15, 0.2) is 0 Å². The molecule has 0 heterocycles. The molecule has 0 aromatic rings. The fourth-order valence-corrected chi connectivity index (χ4v) is 2.54. The zero-order valence-corrected chi connectivity index (χ0v) is 12.7. The first-order chi connectivity index (χ1) is 7.67. The molecular formula is C12H28N2O2S. The average molecular weight is 264 g/mol. The smallest absolute Gasteiger partial charge is 0.153 e. The molecule has 0 unspecified atom stereocenters. The minimum absolute atomic E-state index is 0.136. The predicted octanol–water partition coefficient (Wildman–Crippen LogP) is 1.26. The zero-order valence-electron chi connectivity index (χ0n) is 11.9. The monoisotopic (exact) mass is 264 g/mol.